The van der Waals surface area contributed by atoms with E-state index in [2.05, 4.69) is 15.0 Å². The Balaban J connectivity index is 1.88. The molecule has 1 aromatic carbocycles. The van der Waals surface area contributed by atoms with Crippen molar-refractivity contribution in [2.24, 2.45) is 7.05 Å². The average Bonchev–Trinajstić information content (AvgIpc) is 2.98. The standard InChI is InChI=1S/C17H15N5O2S/c1-3-22-13-14(21(2)16(24)20-15(13)23)19-17(22)25-12-9-8-10-6-4-5-7-11(10)18-12/h4-9H,3H2,1-2H3,(H,20,23,24). The largest absolute Gasteiger partial charge is 0.329 e. The number of nitrogens with zero attached hydrogens (tertiary/aromatic N) is 4. The third kappa shape index (κ3) is 2.54. The van der Waals surface area contributed by atoms with E-state index < -0.39 is 11.2 Å². The molecule has 3 heterocycles. The quantitative estimate of drug-likeness (QED) is 0.610. The van der Waals surface area contributed by atoms with Gasteiger partial charge in [0.25, 0.3) is 5.56 Å². The molecule has 0 aliphatic carbocycles. The van der Waals surface area contributed by atoms with Crippen LogP contribution in [0.4, 0.5) is 0 Å². The topological polar surface area (TPSA) is 85.6 Å². The van der Waals surface area contributed by atoms with Gasteiger partial charge in [-0.25, -0.2) is 14.8 Å². The van der Waals surface area contributed by atoms with Gasteiger partial charge < -0.3 is 4.57 Å². The molecule has 4 rings (SSSR count). The van der Waals surface area contributed by atoms with Gasteiger partial charge in [0.1, 0.15) is 5.03 Å². The summed E-state index contributed by atoms with van der Waals surface area (Å²) in [6.07, 6.45) is 0. The summed E-state index contributed by atoms with van der Waals surface area (Å²) in [7, 11) is 1.59. The molecule has 0 atom stereocenters. The number of pyridine rings is 1. The summed E-state index contributed by atoms with van der Waals surface area (Å²) in [5.41, 5.74) is 0.771. The van der Waals surface area contributed by atoms with Crippen LogP contribution in [-0.2, 0) is 13.6 Å². The zero-order valence-electron chi connectivity index (χ0n) is 13.7. The van der Waals surface area contributed by atoms with Crippen LogP contribution in [0.25, 0.3) is 22.1 Å². The lowest BCUT2D eigenvalue weighted by atomic mass is 10.2. The Morgan fingerprint density at radius 3 is 2.72 bits per heavy atom. The first-order chi connectivity index (χ1) is 12.1. The molecule has 0 spiro atoms. The summed E-state index contributed by atoms with van der Waals surface area (Å²) in [5, 5.41) is 2.48. The van der Waals surface area contributed by atoms with E-state index in [4.69, 9.17) is 0 Å². The molecule has 0 fully saturated rings. The number of aromatic nitrogens is 5. The smallest absolute Gasteiger partial charge is 0.313 e. The minimum absolute atomic E-state index is 0.374. The van der Waals surface area contributed by atoms with Crippen molar-refractivity contribution in [2.75, 3.05) is 0 Å². The molecule has 0 aliphatic rings. The minimum Gasteiger partial charge on any atom is -0.313 e. The van der Waals surface area contributed by atoms with Crippen molar-refractivity contribution in [3.63, 3.8) is 0 Å². The third-order valence-electron chi connectivity index (χ3n) is 4.06. The van der Waals surface area contributed by atoms with E-state index in [9.17, 15) is 9.59 Å². The number of aryl methyl sites for hydroxylation is 2. The second-order valence-electron chi connectivity index (χ2n) is 5.57. The maximum atomic E-state index is 12.2. The number of hydrogen-bond acceptors (Lipinski definition) is 5. The van der Waals surface area contributed by atoms with Gasteiger partial charge in [0.15, 0.2) is 16.3 Å². The van der Waals surface area contributed by atoms with Crippen LogP contribution < -0.4 is 11.2 Å². The summed E-state index contributed by atoms with van der Waals surface area (Å²) in [4.78, 5) is 35.5. The van der Waals surface area contributed by atoms with Crippen LogP contribution in [-0.4, -0.2) is 24.1 Å². The molecule has 7 nitrogen and oxygen atoms in total. The molecule has 3 aromatic heterocycles. The number of para-hydroxylation sites is 1. The van der Waals surface area contributed by atoms with Crippen molar-refractivity contribution >= 4 is 33.8 Å². The molecule has 4 aromatic rings. The number of rotatable bonds is 3. The van der Waals surface area contributed by atoms with Crippen LogP contribution in [0.5, 0.6) is 0 Å². The van der Waals surface area contributed by atoms with E-state index in [-0.39, 0.29) is 0 Å². The number of fused-ring (bicyclic) bond motifs is 2. The molecule has 0 aliphatic heterocycles. The Kier molecular flexibility index (Phi) is 3.69. The van der Waals surface area contributed by atoms with Gasteiger partial charge in [-0.15, -0.1) is 0 Å². The molecule has 25 heavy (non-hydrogen) atoms. The molecule has 0 bridgehead atoms. The van der Waals surface area contributed by atoms with Crippen LogP contribution in [0, 0.1) is 0 Å². The molecule has 0 amide bonds. The highest BCUT2D eigenvalue weighted by molar-refractivity contribution is 7.99. The van der Waals surface area contributed by atoms with Crippen molar-refractivity contribution in [3.05, 3.63) is 57.2 Å². The predicted octanol–water partition coefficient (Wildman–Crippen LogP) is 2.14. The number of imidazole rings is 1. The van der Waals surface area contributed by atoms with E-state index in [1.165, 1.54) is 16.3 Å². The fraction of sp³-hybridized carbons (Fsp3) is 0.176. The van der Waals surface area contributed by atoms with Crippen LogP contribution in [0.3, 0.4) is 0 Å². The van der Waals surface area contributed by atoms with Crippen LogP contribution in [0.2, 0.25) is 0 Å². The Labute approximate surface area is 146 Å². The van der Waals surface area contributed by atoms with Gasteiger partial charge in [-0.05, 0) is 30.8 Å². The number of benzene rings is 1. The Morgan fingerprint density at radius 2 is 1.92 bits per heavy atom. The molecular weight excluding hydrogens is 338 g/mol. The molecule has 126 valence electrons. The van der Waals surface area contributed by atoms with Gasteiger partial charge >= 0.3 is 5.69 Å². The number of aromatic amines is 1. The van der Waals surface area contributed by atoms with Crippen molar-refractivity contribution in [1.82, 2.24) is 24.1 Å². The lowest BCUT2D eigenvalue weighted by Crippen LogP contribution is -2.29. The predicted molar refractivity (Wildman–Crippen MR) is 97.1 cm³/mol. The lowest BCUT2D eigenvalue weighted by Gasteiger charge is -2.05. The van der Waals surface area contributed by atoms with Crippen molar-refractivity contribution < 1.29 is 0 Å². The zero-order chi connectivity index (χ0) is 17.6. The molecule has 0 saturated heterocycles. The Bertz CT molecular complexity index is 1220. The maximum Gasteiger partial charge on any atom is 0.329 e. The van der Waals surface area contributed by atoms with Gasteiger partial charge in [0.2, 0.25) is 0 Å². The van der Waals surface area contributed by atoms with Gasteiger partial charge in [-0.1, -0.05) is 24.3 Å². The Morgan fingerprint density at radius 1 is 1.12 bits per heavy atom. The summed E-state index contributed by atoms with van der Waals surface area (Å²) in [6.45, 7) is 2.50. The summed E-state index contributed by atoms with van der Waals surface area (Å²) < 4.78 is 3.15. The van der Waals surface area contributed by atoms with Gasteiger partial charge in [0, 0.05) is 19.0 Å². The van der Waals surface area contributed by atoms with Crippen LogP contribution >= 0.6 is 11.8 Å². The third-order valence-corrected chi connectivity index (χ3v) is 4.99. The second kappa shape index (κ2) is 5.89. The first-order valence-electron chi connectivity index (χ1n) is 7.81. The summed E-state index contributed by atoms with van der Waals surface area (Å²) in [5.74, 6) is 0. The summed E-state index contributed by atoms with van der Waals surface area (Å²) in [6, 6.07) is 11.8. The highest BCUT2D eigenvalue weighted by atomic mass is 32.2. The van der Waals surface area contributed by atoms with E-state index in [1.54, 1.807) is 11.6 Å². The highest BCUT2D eigenvalue weighted by Crippen LogP contribution is 2.28. The fourth-order valence-corrected chi connectivity index (χ4v) is 3.71. The maximum absolute atomic E-state index is 12.2. The molecule has 0 saturated carbocycles. The molecule has 8 heteroatoms. The SMILES string of the molecule is CCn1c(Sc2ccc3ccccc3n2)nc2c1c(=O)[nH]c(=O)n2C. The number of H-pyrrole nitrogens is 1. The highest BCUT2D eigenvalue weighted by Gasteiger charge is 2.17. The first-order valence-corrected chi connectivity index (χ1v) is 8.63. The Hall–Kier alpha value is -2.87. The monoisotopic (exact) mass is 353 g/mol. The van der Waals surface area contributed by atoms with E-state index >= 15 is 0 Å². The molecule has 0 radical (unpaired) electrons. The van der Waals surface area contributed by atoms with Crippen LogP contribution in [0.15, 0.2) is 56.2 Å². The zero-order valence-corrected chi connectivity index (χ0v) is 14.5. The van der Waals surface area contributed by atoms with Gasteiger partial charge in [-0.2, -0.15) is 0 Å². The second-order valence-corrected chi connectivity index (χ2v) is 6.56. The van der Waals surface area contributed by atoms with Crippen molar-refractivity contribution in [2.45, 2.75) is 23.7 Å². The van der Waals surface area contributed by atoms with Crippen LogP contribution in [0.1, 0.15) is 6.92 Å². The number of hydrogen-bond donors (Lipinski definition) is 1. The summed E-state index contributed by atoms with van der Waals surface area (Å²) >= 11 is 1.38. The van der Waals surface area contributed by atoms with E-state index in [1.807, 2.05) is 43.3 Å². The first kappa shape index (κ1) is 15.6. The number of nitrogens with one attached hydrogen (secondary N) is 1. The minimum atomic E-state index is -0.473. The van der Waals surface area contributed by atoms with E-state index in [0.29, 0.717) is 22.9 Å². The van der Waals surface area contributed by atoms with E-state index in [0.717, 1.165) is 15.9 Å². The van der Waals surface area contributed by atoms with Crippen molar-refractivity contribution in [3.8, 4) is 0 Å². The van der Waals surface area contributed by atoms with Gasteiger partial charge in [-0.3, -0.25) is 14.3 Å². The van der Waals surface area contributed by atoms with Gasteiger partial charge in [0.05, 0.1) is 5.52 Å². The molecule has 0 unspecified atom stereocenters. The van der Waals surface area contributed by atoms with Crippen molar-refractivity contribution in [1.29, 1.82) is 0 Å². The lowest BCUT2D eigenvalue weighted by molar-refractivity contribution is 0.699. The fourth-order valence-electron chi connectivity index (χ4n) is 2.78. The molecular formula is C17H15N5O2S. The molecule has 1 N–H and O–H groups in total. The normalized spacial score (nSPS) is 11.4. The average molecular weight is 353 g/mol.